The van der Waals surface area contributed by atoms with Gasteiger partial charge in [0.1, 0.15) is 5.75 Å². The van der Waals surface area contributed by atoms with E-state index >= 15 is 0 Å². The Bertz CT molecular complexity index is 1280. The lowest BCUT2D eigenvalue weighted by atomic mass is 9.98. The van der Waals surface area contributed by atoms with Gasteiger partial charge in [-0.3, -0.25) is 9.47 Å². The van der Waals surface area contributed by atoms with Gasteiger partial charge in [-0.2, -0.15) is 0 Å². The van der Waals surface area contributed by atoms with Gasteiger partial charge in [-0.15, -0.1) is 5.10 Å². The average Bonchev–Trinajstić information content (AvgIpc) is 3.42. The van der Waals surface area contributed by atoms with E-state index in [1.807, 2.05) is 45.6 Å². The number of aromatic amines is 1. The molecule has 4 aromatic rings. The monoisotopic (exact) mass is 447 g/mol. The highest BCUT2D eigenvalue weighted by atomic mass is 16.3. The van der Waals surface area contributed by atoms with Crippen molar-refractivity contribution in [2.24, 2.45) is 0 Å². The van der Waals surface area contributed by atoms with Crippen molar-refractivity contribution >= 4 is 11.0 Å². The fourth-order valence-corrected chi connectivity index (χ4v) is 4.93. The first-order chi connectivity index (χ1) is 16.2. The number of H-pyrrole nitrogens is 1. The van der Waals surface area contributed by atoms with E-state index in [0.29, 0.717) is 0 Å². The van der Waals surface area contributed by atoms with Gasteiger partial charge < -0.3 is 10.1 Å². The lowest BCUT2D eigenvalue weighted by Gasteiger charge is -2.37. The van der Waals surface area contributed by atoms with Crippen molar-refractivity contribution < 1.29 is 5.11 Å². The molecule has 1 saturated heterocycles. The van der Waals surface area contributed by atoms with Crippen LogP contribution in [0.1, 0.15) is 56.1 Å². The Morgan fingerprint density at radius 2 is 1.97 bits per heavy atom. The summed E-state index contributed by atoms with van der Waals surface area (Å²) in [6, 6.07) is 15.2. The largest absolute Gasteiger partial charge is 0.508 e. The van der Waals surface area contributed by atoms with E-state index in [-0.39, 0.29) is 23.5 Å². The Labute approximate surface area is 191 Å². The molecule has 172 valence electrons. The number of nitrogens with zero attached hydrogens (tertiary/aromatic N) is 6. The molecule has 2 aromatic heterocycles. The molecule has 9 nitrogen and oxygen atoms in total. The lowest BCUT2D eigenvalue weighted by molar-refractivity contribution is 0.146. The van der Waals surface area contributed by atoms with Crippen molar-refractivity contribution in [2.45, 2.75) is 51.2 Å². The van der Waals surface area contributed by atoms with E-state index in [1.54, 1.807) is 12.1 Å². The number of fused-ring (bicyclic) bond motifs is 1. The third kappa shape index (κ3) is 4.16. The van der Waals surface area contributed by atoms with E-state index in [1.165, 1.54) is 0 Å². The molecule has 3 heterocycles. The molecular formula is C24H29N7O2. The maximum atomic E-state index is 12.7. The molecule has 0 aliphatic carbocycles. The molecule has 0 spiro atoms. The first-order valence-electron chi connectivity index (χ1n) is 11.6. The fourth-order valence-electron chi connectivity index (χ4n) is 4.93. The zero-order valence-corrected chi connectivity index (χ0v) is 18.8. The minimum absolute atomic E-state index is 0.0531. The Hall–Kier alpha value is -3.46. The number of aromatic hydroxyl groups is 1. The topological polar surface area (TPSA) is 105 Å². The Morgan fingerprint density at radius 1 is 1.15 bits per heavy atom. The molecule has 9 heteroatoms. The second kappa shape index (κ2) is 9.19. The smallest absolute Gasteiger partial charge is 0.326 e. The van der Waals surface area contributed by atoms with Crippen molar-refractivity contribution in [2.75, 3.05) is 13.1 Å². The standard InChI is InChI=1S/C24H29N7O2/c1-2-3-13-30-23(26-27-28-30)22(17-7-6-8-19(32)16-17)29-14-11-18(12-15-29)31-21-10-5-4-9-20(21)25-24(31)33/h4-10,16,18,22,32H,2-3,11-15H2,1H3,(H,25,33). The molecule has 1 unspecified atom stereocenters. The van der Waals surface area contributed by atoms with Gasteiger partial charge in [0.25, 0.3) is 0 Å². The highest BCUT2D eigenvalue weighted by Crippen LogP contribution is 2.34. The zero-order chi connectivity index (χ0) is 22.8. The number of nitrogens with one attached hydrogen (secondary N) is 1. The molecule has 1 atom stereocenters. The van der Waals surface area contributed by atoms with E-state index in [9.17, 15) is 9.90 Å². The number of para-hydroxylation sites is 2. The Kier molecular flexibility index (Phi) is 5.95. The van der Waals surface area contributed by atoms with E-state index in [2.05, 4.69) is 32.3 Å². The molecule has 5 rings (SSSR count). The van der Waals surface area contributed by atoms with Gasteiger partial charge in [0.2, 0.25) is 0 Å². The number of likely N-dealkylation sites (tertiary alicyclic amines) is 1. The van der Waals surface area contributed by atoms with Crippen molar-refractivity contribution in [3.63, 3.8) is 0 Å². The Balaban J connectivity index is 1.43. The number of aromatic nitrogens is 6. The summed E-state index contributed by atoms with van der Waals surface area (Å²) in [5, 5.41) is 22.7. The van der Waals surface area contributed by atoms with Crippen LogP contribution < -0.4 is 5.69 Å². The van der Waals surface area contributed by atoms with Crippen molar-refractivity contribution in [1.29, 1.82) is 0 Å². The molecule has 0 saturated carbocycles. The summed E-state index contributed by atoms with van der Waals surface area (Å²) in [6.45, 7) is 4.48. The number of unbranched alkanes of at least 4 members (excludes halogenated alkanes) is 1. The van der Waals surface area contributed by atoms with Gasteiger partial charge in [0, 0.05) is 25.7 Å². The van der Waals surface area contributed by atoms with Crippen LogP contribution in [0.15, 0.2) is 53.3 Å². The zero-order valence-electron chi connectivity index (χ0n) is 18.8. The predicted molar refractivity (Wildman–Crippen MR) is 125 cm³/mol. The van der Waals surface area contributed by atoms with Gasteiger partial charge in [-0.1, -0.05) is 37.6 Å². The number of piperidine rings is 1. The first kappa shape index (κ1) is 21.4. The molecule has 0 amide bonds. The third-order valence-corrected chi connectivity index (χ3v) is 6.57. The molecule has 33 heavy (non-hydrogen) atoms. The maximum absolute atomic E-state index is 12.7. The van der Waals surface area contributed by atoms with Crippen LogP contribution in [0.3, 0.4) is 0 Å². The highest BCUT2D eigenvalue weighted by Gasteiger charge is 2.32. The second-order valence-electron chi connectivity index (χ2n) is 8.70. The van der Waals surface area contributed by atoms with E-state index in [4.69, 9.17) is 0 Å². The van der Waals surface area contributed by atoms with Gasteiger partial charge >= 0.3 is 5.69 Å². The van der Waals surface area contributed by atoms with E-state index < -0.39 is 0 Å². The molecule has 2 N–H and O–H groups in total. The number of rotatable bonds is 7. The van der Waals surface area contributed by atoms with Crippen LogP contribution in [0.2, 0.25) is 0 Å². The summed E-state index contributed by atoms with van der Waals surface area (Å²) in [7, 11) is 0. The average molecular weight is 448 g/mol. The van der Waals surface area contributed by atoms with Gasteiger partial charge in [-0.05, 0) is 59.5 Å². The molecule has 1 aliphatic rings. The Morgan fingerprint density at radius 3 is 2.76 bits per heavy atom. The van der Waals surface area contributed by atoms with Gasteiger partial charge in [0.15, 0.2) is 5.82 Å². The molecule has 0 bridgehead atoms. The van der Waals surface area contributed by atoms with Crippen LogP contribution in [0.4, 0.5) is 0 Å². The van der Waals surface area contributed by atoms with Crippen LogP contribution in [0.5, 0.6) is 5.75 Å². The quantitative estimate of drug-likeness (QED) is 0.451. The highest BCUT2D eigenvalue weighted by molar-refractivity contribution is 5.75. The fraction of sp³-hybridized carbons (Fsp3) is 0.417. The van der Waals surface area contributed by atoms with Crippen LogP contribution in [-0.2, 0) is 6.54 Å². The SMILES string of the molecule is CCCCn1nnnc1C(c1cccc(O)c1)N1CCC(n2c(=O)[nH]c3ccccc32)CC1. The molecule has 2 aromatic carbocycles. The minimum Gasteiger partial charge on any atom is -0.508 e. The summed E-state index contributed by atoms with van der Waals surface area (Å²) in [6.07, 6.45) is 3.73. The van der Waals surface area contributed by atoms with Gasteiger partial charge in [0.05, 0.1) is 17.1 Å². The molecule has 0 radical (unpaired) electrons. The number of aryl methyl sites for hydroxylation is 1. The summed E-state index contributed by atoms with van der Waals surface area (Å²) < 4.78 is 3.79. The van der Waals surface area contributed by atoms with Crippen molar-refractivity contribution in [3.05, 3.63) is 70.4 Å². The first-order valence-corrected chi connectivity index (χ1v) is 11.6. The molecule has 1 fully saturated rings. The molecule has 1 aliphatic heterocycles. The number of benzene rings is 2. The van der Waals surface area contributed by atoms with Crippen LogP contribution in [0.25, 0.3) is 11.0 Å². The van der Waals surface area contributed by atoms with Crippen LogP contribution >= 0.6 is 0 Å². The van der Waals surface area contributed by atoms with Crippen LogP contribution in [-0.4, -0.2) is 52.9 Å². The van der Waals surface area contributed by atoms with Crippen molar-refractivity contribution in [3.8, 4) is 5.75 Å². The summed E-state index contributed by atoms with van der Waals surface area (Å²) >= 11 is 0. The lowest BCUT2D eigenvalue weighted by Crippen LogP contribution is -2.40. The van der Waals surface area contributed by atoms with Gasteiger partial charge in [-0.25, -0.2) is 9.48 Å². The summed E-state index contributed by atoms with van der Waals surface area (Å²) in [5.41, 5.74) is 2.74. The summed E-state index contributed by atoms with van der Waals surface area (Å²) in [4.78, 5) is 18.0. The number of tetrazole rings is 1. The minimum atomic E-state index is -0.162. The third-order valence-electron chi connectivity index (χ3n) is 6.57. The number of imidazole rings is 1. The maximum Gasteiger partial charge on any atom is 0.326 e. The number of hydrogen-bond acceptors (Lipinski definition) is 6. The number of hydrogen-bond donors (Lipinski definition) is 2. The second-order valence-corrected chi connectivity index (χ2v) is 8.70. The normalized spacial score (nSPS) is 16.4. The van der Waals surface area contributed by atoms with E-state index in [0.717, 1.165) is 67.7 Å². The number of phenolic OH excluding ortho intramolecular Hbond substituents is 1. The summed E-state index contributed by atoms with van der Waals surface area (Å²) in [5.74, 6) is 1.02. The van der Waals surface area contributed by atoms with Crippen molar-refractivity contribution in [1.82, 2.24) is 34.7 Å². The number of phenols is 1. The van der Waals surface area contributed by atoms with Crippen LogP contribution in [0, 0.1) is 0 Å². The molecular weight excluding hydrogens is 418 g/mol. The predicted octanol–water partition coefficient (Wildman–Crippen LogP) is 3.25.